The van der Waals surface area contributed by atoms with Gasteiger partial charge in [0.1, 0.15) is 5.69 Å². The number of nitrogens with one attached hydrogen (secondary N) is 2. The summed E-state index contributed by atoms with van der Waals surface area (Å²) in [4.78, 5) is 15.6. The largest absolute Gasteiger partial charge is 0.304 e. The number of rotatable bonds is 3. The lowest BCUT2D eigenvalue weighted by Gasteiger charge is -2.00. The molecule has 0 atom stereocenters. The van der Waals surface area contributed by atoms with Crippen molar-refractivity contribution in [2.45, 2.75) is 0 Å². The van der Waals surface area contributed by atoms with Crippen LogP contribution in [-0.4, -0.2) is 21.1 Å². The van der Waals surface area contributed by atoms with Crippen LogP contribution >= 0.6 is 11.3 Å². The van der Waals surface area contributed by atoms with Gasteiger partial charge in [0.15, 0.2) is 17.5 Å². The zero-order valence-electron chi connectivity index (χ0n) is 10.4. The van der Waals surface area contributed by atoms with Gasteiger partial charge in [0.2, 0.25) is 0 Å². The summed E-state index contributed by atoms with van der Waals surface area (Å²) in [5.41, 5.74) is 2.10. The molecule has 0 spiro atoms. The molecule has 8 heteroatoms. The molecule has 2 aromatic heterocycles. The first-order chi connectivity index (χ1) is 10.1. The van der Waals surface area contributed by atoms with Crippen molar-refractivity contribution in [1.29, 1.82) is 0 Å². The van der Waals surface area contributed by atoms with Crippen molar-refractivity contribution in [3.05, 3.63) is 52.5 Å². The Hall–Kier alpha value is -2.61. The fourth-order valence-corrected chi connectivity index (χ4v) is 2.27. The van der Waals surface area contributed by atoms with Gasteiger partial charge in [-0.05, 0) is 12.1 Å². The van der Waals surface area contributed by atoms with Crippen LogP contribution in [0.4, 0.5) is 14.6 Å². The first-order valence-corrected chi connectivity index (χ1v) is 6.79. The van der Waals surface area contributed by atoms with E-state index >= 15 is 0 Å². The number of halogens is 2. The molecule has 21 heavy (non-hydrogen) atoms. The molecule has 2 N–H and O–H groups in total. The molecule has 0 saturated heterocycles. The van der Waals surface area contributed by atoms with Crippen LogP contribution in [-0.2, 0) is 0 Å². The van der Waals surface area contributed by atoms with Crippen LogP contribution in [0.5, 0.6) is 0 Å². The molecule has 3 aromatic rings. The maximum atomic E-state index is 13.7. The van der Waals surface area contributed by atoms with E-state index in [2.05, 4.69) is 20.5 Å². The predicted molar refractivity (Wildman–Crippen MR) is 74.0 cm³/mol. The van der Waals surface area contributed by atoms with Gasteiger partial charge < -0.3 is 5.32 Å². The van der Waals surface area contributed by atoms with Gasteiger partial charge in [-0.3, -0.25) is 9.89 Å². The number of anilines is 1. The molecule has 0 unspecified atom stereocenters. The lowest BCUT2D eigenvalue weighted by atomic mass is 10.1. The van der Waals surface area contributed by atoms with Crippen LogP contribution in [0, 0.1) is 11.6 Å². The highest BCUT2D eigenvalue weighted by atomic mass is 32.1. The molecular weight excluding hydrogens is 298 g/mol. The Morgan fingerprint density at radius 3 is 2.95 bits per heavy atom. The van der Waals surface area contributed by atoms with Gasteiger partial charge in [-0.2, -0.15) is 5.10 Å². The average Bonchev–Trinajstić information content (AvgIpc) is 3.13. The average molecular weight is 306 g/mol. The Labute approximate surface area is 121 Å². The van der Waals surface area contributed by atoms with E-state index in [1.807, 2.05) is 0 Å². The molecule has 5 nitrogen and oxygen atoms in total. The van der Waals surface area contributed by atoms with E-state index in [1.165, 1.54) is 35.0 Å². The SMILES string of the molecule is O=C(Nc1cc(-c2cccc(F)c2F)[nH]n1)c1cscn1. The van der Waals surface area contributed by atoms with Crippen LogP contribution in [0.15, 0.2) is 35.2 Å². The zero-order chi connectivity index (χ0) is 14.8. The smallest absolute Gasteiger partial charge is 0.276 e. The molecule has 0 saturated carbocycles. The maximum Gasteiger partial charge on any atom is 0.276 e. The van der Waals surface area contributed by atoms with E-state index < -0.39 is 17.5 Å². The first kappa shape index (κ1) is 13.4. The summed E-state index contributed by atoms with van der Waals surface area (Å²) in [6.45, 7) is 0. The van der Waals surface area contributed by atoms with Gasteiger partial charge >= 0.3 is 0 Å². The summed E-state index contributed by atoms with van der Waals surface area (Å²) in [6.07, 6.45) is 0. The standard InChI is InChI=1S/C13H8F2N4OS/c14-8-3-1-2-7(12(8)15)9-4-11(19-18-9)17-13(20)10-5-21-6-16-10/h1-6H,(H2,17,18,19,20). The summed E-state index contributed by atoms with van der Waals surface area (Å²) in [7, 11) is 0. The number of hydrogen-bond donors (Lipinski definition) is 2. The lowest BCUT2D eigenvalue weighted by Crippen LogP contribution is -2.12. The highest BCUT2D eigenvalue weighted by molar-refractivity contribution is 7.07. The lowest BCUT2D eigenvalue weighted by molar-refractivity contribution is 0.102. The van der Waals surface area contributed by atoms with Gasteiger partial charge in [-0.15, -0.1) is 11.3 Å². The molecule has 0 radical (unpaired) electrons. The predicted octanol–water partition coefficient (Wildman–Crippen LogP) is 3.06. The Morgan fingerprint density at radius 2 is 2.19 bits per heavy atom. The van der Waals surface area contributed by atoms with Crippen LogP contribution in [0.25, 0.3) is 11.3 Å². The Balaban J connectivity index is 1.84. The van der Waals surface area contributed by atoms with Crippen molar-refractivity contribution < 1.29 is 13.6 Å². The number of amides is 1. The van der Waals surface area contributed by atoms with E-state index in [4.69, 9.17) is 0 Å². The van der Waals surface area contributed by atoms with Crippen LogP contribution in [0.1, 0.15) is 10.5 Å². The van der Waals surface area contributed by atoms with E-state index in [0.717, 1.165) is 6.07 Å². The second kappa shape index (κ2) is 5.41. The Bertz CT molecular complexity index is 785. The number of nitrogens with zero attached hydrogens (tertiary/aromatic N) is 2. The number of thiazole rings is 1. The molecule has 1 aromatic carbocycles. The number of hydrogen-bond acceptors (Lipinski definition) is 4. The molecule has 3 rings (SSSR count). The molecule has 106 valence electrons. The minimum atomic E-state index is -0.974. The van der Waals surface area contributed by atoms with Gasteiger partial charge in [-0.25, -0.2) is 13.8 Å². The van der Waals surface area contributed by atoms with Crippen molar-refractivity contribution in [3.63, 3.8) is 0 Å². The number of carbonyl (C=O) groups excluding carboxylic acids is 1. The number of aromatic amines is 1. The van der Waals surface area contributed by atoms with Crippen molar-refractivity contribution in [3.8, 4) is 11.3 Å². The van der Waals surface area contributed by atoms with Crippen LogP contribution in [0.3, 0.4) is 0 Å². The third kappa shape index (κ3) is 2.65. The first-order valence-electron chi connectivity index (χ1n) is 5.84. The molecule has 0 fully saturated rings. The molecule has 0 aliphatic rings. The fourth-order valence-electron chi connectivity index (χ4n) is 1.74. The van der Waals surface area contributed by atoms with Gasteiger partial charge in [0.05, 0.1) is 11.2 Å². The van der Waals surface area contributed by atoms with E-state index in [1.54, 1.807) is 5.38 Å². The van der Waals surface area contributed by atoms with Crippen molar-refractivity contribution in [2.75, 3.05) is 5.32 Å². The monoisotopic (exact) mass is 306 g/mol. The molecule has 0 aliphatic carbocycles. The summed E-state index contributed by atoms with van der Waals surface area (Å²) < 4.78 is 26.8. The second-order valence-corrected chi connectivity index (χ2v) is 4.81. The number of benzene rings is 1. The van der Waals surface area contributed by atoms with Gasteiger partial charge in [0, 0.05) is 17.0 Å². The summed E-state index contributed by atoms with van der Waals surface area (Å²) in [5.74, 6) is -2.14. The zero-order valence-corrected chi connectivity index (χ0v) is 11.2. The quantitative estimate of drug-likeness (QED) is 0.781. The summed E-state index contributed by atoms with van der Waals surface area (Å²) in [5, 5.41) is 10.5. The summed E-state index contributed by atoms with van der Waals surface area (Å²) >= 11 is 1.29. The van der Waals surface area contributed by atoms with E-state index in [9.17, 15) is 13.6 Å². The third-order valence-electron chi connectivity index (χ3n) is 2.73. The molecule has 0 aliphatic heterocycles. The number of aromatic nitrogens is 3. The number of carbonyl (C=O) groups is 1. The number of H-pyrrole nitrogens is 1. The normalized spacial score (nSPS) is 10.6. The van der Waals surface area contributed by atoms with Gasteiger partial charge in [0.25, 0.3) is 5.91 Å². The highest BCUT2D eigenvalue weighted by Crippen LogP contribution is 2.24. The highest BCUT2D eigenvalue weighted by Gasteiger charge is 2.14. The van der Waals surface area contributed by atoms with Crippen molar-refractivity contribution in [2.24, 2.45) is 0 Å². The minimum absolute atomic E-state index is 0.0386. The molecule has 2 heterocycles. The Kier molecular flexibility index (Phi) is 3.44. The van der Waals surface area contributed by atoms with E-state index in [-0.39, 0.29) is 22.8 Å². The molecule has 0 bridgehead atoms. The second-order valence-electron chi connectivity index (χ2n) is 4.10. The maximum absolute atomic E-state index is 13.7. The molecule has 1 amide bonds. The molecular formula is C13H8F2N4OS. The summed E-state index contributed by atoms with van der Waals surface area (Å²) in [6, 6.07) is 5.25. The van der Waals surface area contributed by atoms with Crippen molar-refractivity contribution >= 4 is 23.1 Å². The third-order valence-corrected chi connectivity index (χ3v) is 3.31. The fraction of sp³-hybridized carbons (Fsp3) is 0. The minimum Gasteiger partial charge on any atom is -0.304 e. The Morgan fingerprint density at radius 1 is 1.33 bits per heavy atom. The van der Waals surface area contributed by atoms with E-state index in [0.29, 0.717) is 0 Å². The van der Waals surface area contributed by atoms with Crippen LogP contribution in [0.2, 0.25) is 0 Å². The van der Waals surface area contributed by atoms with Crippen molar-refractivity contribution in [1.82, 2.24) is 15.2 Å². The van der Waals surface area contributed by atoms with Gasteiger partial charge in [-0.1, -0.05) is 6.07 Å². The van der Waals surface area contributed by atoms with Crippen LogP contribution < -0.4 is 5.32 Å². The topological polar surface area (TPSA) is 70.7 Å².